The molecule has 17 heavy (non-hydrogen) atoms. The number of nitrogens with zero attached hydrogens (tertiary/aromatic N) is 1. The van der Waals surface area contributed by atoms with Gasteiger partial charge < -0.3 is 15.0 Å². The van der Waals surface area contributed by atoms with Crippen LogP contribution in [-0.2, 0) is 0 Å². The number of aliphatic hydroxyl groups is 1. The van der Waals surface area contributed by atoms with E-state index in [1.54, 1.807) is 4.90 Å². The van der Waals surface area contributed by atoms with Crippen LogP contribution in [0.15, 0.2) is 6.07 Å². The van der Waals surface area contributed by atoms with Crippen LogP contribution in [0, 0.1) is 0 Å². The number of H-pyrrole nitrogens is 1. The van der Waals surface area contributed by atoms with E-state index in [2.05, 4.69) is 4.98 Å². The van der Waals surface area contributed by atoms with Crippen LogP contribution in [0.2, 0.25) is 10.2 Å². The molecule has 0 saturated heterocycles. The summed E-state index contributed by atoms with van der Waals surface area (Å²) < 4.78 is 0. The Morgan fingerprint density at radius 1 is 1.53 bits per heavy atom. The Kier molecular flexibility index (Phi) is 5.31. The van der Waals surface area contributed by atoms with Gasteiger partial charge in [-0.2, -0.15) is 0 Å². The normalized spacial score (nSPS) is 10.9. The van der Waals surface area contributed by atoms with E-state index in [4.69, 9.17) is 28.3 Å². The van der Waals surface area contributed by atoms with Crippen LogP contribution in [0.25, 0.3) is 0 Å². The molecule has 1 aromatic heterocycles. The molecule has 4 nitrogen and oxygen atoms in total. The summed E-state index contributed by atoms with van der Waals surface area (Å²) in [5.74, 6) is -0.165. The number of aromatic nitrogens is 1. The molecule has 0 aromatic carbocycles. The Balaban J connectivity index is 2.84. The minimum absolute atomic E-state index is 0.0508. The topological polar surface area (TPSA) is 56.3 Å². The number of hydrogen-bond donors (Lipinski definition) is 2. The summed E-state index contributed by atoms with van der Waals surface area (Å²) in [6, 6.07) is 1.57. The fourth-order valence-electron chi connectivity index (χ4n) is 1.51. The molecule has 0 aliphatic rings. The van der Waals surface area contributed by atoms with E-state index in [9.17, 15) is 4.79 Å². The van der Waals surface area contributed by atoms with Crippen molar-refractivity contribution in [1.82, 2.24) is 9.88 Å². The SMILES string of the molecule is CC(C)N(CCCO)C(=O)c1cc(Cl)c(Cl)[nH]1. The standard InChI is InChI=1S/C11H16Cl2N2O2/c1-7(2)15(4-3-5-16)11(17)9-6-8(12)10(13)14-9/h6-7,14,16H,3-5H2,1-2H3. The number of amides is 1. The van der Waals surface area contributed by atoms with Crippen LogP contribution in [0.4, 0.5) is 0 Å². The van der Waals surface area contributed by atoms with Gasteiger partial charge in [0.15, 0.2) is 0 Å². The first-order valence-corrected chi connectivity index (χ1v) is 6.18. The highest BCUT2D eigenvalue weighted by Gasteiger charge is 2.20. The minimum Gasteiger partial charge on any atom is -0.396 e. The van der Waals surface area contributed by atoms with E-state index in [-0.39, 0.29) is 23.7 Å². The monoisotopic (exact) mass is 278 g/mol. The van der Waals surface area contributed by atoms with E-state index >= 15 is 0 Å². The van der Waals surface area contributed by atoms with Crippen molar-refractivity contribution in [1.29, 1.82) is 0 Å². The molecule has 0 unspecified atom stereocenters. The van der Waals surface area contributed by atoms with E-state index in [1.165, 1.54) is 6.07 Å². The van der Waals surface area contributed by atoms with Gasteiger partial charge in [-0.15, -0.1) is 0 Å². The number of carbonyl (C=O) groups is 1. The van der Waals surface area contributed by atoms with Crippen LogP contribution in [0.5, 0.6) is 0 Å². The Bertz CT molecular complexity index is 371. The number of nitrogens with one attached hydrogen (secondary N) is 1. The van der Waals surface area contributed by atoms with Crippen molar-refractivity contribution in [3.05, 3.63) is 21.9 Å². The van der Waals surface area contributed by atoms with E-state index in [0.29, 0.717) is 23.7 Å². The smallest absolute Gasteiger partial charge is 0.270 e. The highest BCUT2D eigenvalue weighted by Crippen LogP contribution is 2.23. The van der Waals surface area contributed by atoms with Gasteiger partial charge in [0.2, 0.25) is 0 Å². The van der Waals surface area contributed by atoms with Crippen LogP contribution in [0.3, 0.4) is 0 Å². The average Bonchev–Trinajstić information content (AvgIpc) is 2.59. The van der Waals surface area contributed by atoms with Crippen molar-refractivity contribution in [3.8, 4) is 0 Å². The average molecular weight is 279 g/mol. The van der Waals surface area contributed by atoms with Gasteiger partial charge in [0, 0.05) is 19.2 Å². The van der Waals surface area contributed by atoms with E-state index < -0.39 is 0 Å². The third-order valence-corrected chi connectivity index (χ3v) is 3.09. The van der Waals surface area contributed by atoms with Crippen molar-refractivity contribution < 1.29 is 9.90 Å². The zero-order valence-corrected chi connectivity index (χ0v) is 11.3. The van der Waals surface area contributed by atoms with Crippen molar-refractivity contribution in [2.24, 2.45) is 0 Å². The molecule has 0 aliphatic heterocycles. The van der Waals surface area contributed by atoms with Gasteiger partial charge in [0.1, 0.15) is 10.8 Å². The Morgan fingerprint density at radius 3 is 2.59 bits per heavy atom. The quantitative estimate of drug-likeness (QED) is 0.870. The van der Waals surface area contributed by atoms with Crippen molar-refractivity contribution in [2.45, 2.75) is 26.3 Å². The minimum atomic E-state index is -0.165. The molecule has 2 N–H and O–H groups in total. The number of aromatic amines is 1. The molecule has 1 rings (SSSR count). The maximum absolute atomic E-state index is 12.2. The lowest BCUT2D eigenvalue weighted by atomic mass is 10.2. The molecule has 0 spiro atoms. The van der Waals surface area contributed by atoms with Crippen LogP contribution < -0.4 is 0 Å². The van der Waals surface area contributed by atoms with Gasteiger partial charge in [-0.1, -0.05) is 23.2 Å². The number of aliphatic hydroxyl groups excluding tert-OH is 1. The molecule has 0 atom stereocenters. The summed E-state index contributed by atoms with van der Waals surface area (Å²) in [5, 5.41) is 9.41. The largest absolute Gasteiger partial charge is 0.396 e. The molecule has 6 heteroatoms. The third kappa shape index (κ3) is 3.63. The Labute approximate surface area is 111 Å². The fraction of sp³-hybridized carbons (Fsp3) is 0.545. The lowest BCUT2D eigenvalue weighted by molar-refractivity contribution is 0.0688. The number of carbonyl (C=O) groups excluding carboxylic acids is 1. The van der Waals surface area contributed by atoms with Gasteiger partial charge in [-0.25, -0.2) is 0 Å². The van der Waals surface area contributed by atoms with E-state index in [0.717, 1.165) is 0 Å². The van der Waals surface area contributed by atoms with Gasteiger partial charge in [-0.05, 0) is 26.3 Å². The molecule has 0 saturated carbocycles. The molecule has 1 heterocycles. The first kappa shape index (κ1) is 14.4. The van der Waals surface area contributed by atoms with Crippen molar-refractivity contribution in [2.75, 3.05) is 13.2 Å². The molecule has 96 valence electrons. The molecular weight excluding hydrogens is 263 g/mol. The summed E-state index contributed by atoms with van der Waals surface area (Å²) in [6.45, 7) is 4.40. The summed E-state index contributed by atoms with van der Waals surface area (Å²) in [7, 11) is 0. The second kappa shape index (κ2) is 6.28. The molecule has 0 radical (unpaired) electrons. The van der Waals surface area contributed by atoms with E-state index in [1.807, 2.05) is 13.8 Å². The summed E-state index contributed by atoms with van der Waals surface area (Å²) >= 11 is 11.6. The maximum Gasteiger partial charge on any atom is 0.270 e. The second-order valence-electron chi connectivity index (χ2n) is 4.01. The zero-order chi connectivity index (χ0) is 13.0. The molecule has 0 aliphatic carbocycles. The fourth-order valence-corrected chi connectivity index (χ4v) is 1.82. The molecular formula is C11H16Cl2N2O2. The highest BCUT2D eigenvalue weighted by atomic mass is 35.5. The third-order valence-electron chi connectivity index (χ3n) is 2.40. The Morgan fingerprint density at radius 2 is 2.18 bits per heavy atom. The summed E-state index contributed by atoms with van der Waals surface area (Å²) in [4.78, 5) is 16.6. The zero-order valence-electron chi connectivity index (χ0n) is 9.83. The number of hydrogen-bond acceptors (Lipinski definition) is 2. The van der Waals surface area contributed by atoms with Crippen LogP contribution in [0.1, 0.15) is 30.8 Å². The van der Waals surface area contributed by atoms with Crippen molar-refractivity contribution in [3.63, 3.8) is 0 Å². The predicted octanol–water partition coefficient (Wildman–Crippen LogP) is 2.55. The van der Waals surface area contributed by atoms with Gasteiger partial charge >= 0.3 is 0 Å². The molecule has 1 amide bonds. The molecule has 0 fully saturated rings. The first-order chi connectivity index (χ1) is 7.97. The lowest BCUT2D eigenvalue weighted by Gasteiger charge is -2.26. The van der Waals surface area contributed by atoms with Gasteiger partial charge in [-0.3, -0.25) is 4.79 Å². The highest BCUT2D eigenvalue weighted by molar-refractivity contribution is 6.41. The van der Waals surface area contributed by atoms with Crippen LogP contribution >= 0.6 is 23.2 Å². The van der Waals surface area contributed by atoms with Gasteiger partial charge in [0.25, 0.3) is 5.91 Å². The lowest BCUT2D eigenvalue weighted by Crippen LogP contribution is -2.38. The predicted molar refractivity (Wildman–Crippen MR) is 68.7 cm³/mol. The molecule has 1 aromatic rings. The number of halogens is 2. The van der Waals surface area contributed by atoms with Crippen molar-refractivity contribution >= 4 is 29.1 Å². The summed E-state index contributed by atoms with van der Waals surface area (Å²) in [5.41, 5.74) is 0.367. The Hall–Kier alpha value is -0.710. The van der Waals surface area contributed by atoms with Gasteiger partial charge in [0.05, 0.1) is 5.02 Å². The first-order valence-electron chi connectivity index (χ1n) is 5.43. The summed E-state index contributed by atoms with van der Waals surface area (Å²) in [6.07, 6.45) is 0.548. The van der Waals surface area contributed by atoms with Crippen LogP contribution in [-0.4, -0.2) is 40.1 Å². The second-order valence-corrected chi connectivity index (χ2v) is 4.80. The number of rotatable bonds is 5. The maximum atomic E-state index is 12.2. The molecule has 0 bridgehead atoms.